The minimum absolute atomic E-state index is 0.0656. The van der Waals surface area contributed by atoms with Gasteiger partial charge in [-0.3, -0.25) is 38.5 Å². The summed E-state index contributed by atoms with van der Waals surface area (Å²) in [6.07, 6.45) is 9.99. The fraction of sp³-hybridized carbons (Fsp3) is 0.509. The monoisotopic (exact) mass is 1100 g/mol. The molecule has 0 spiro atoms. The second kappa shape index (κ2) is 25.7. The van der Waals surface area contributed by atoms with Crippen LogP contribution in [0.15, 0.2) is 66.9 Å². The van der Waals surface area contributed by atoms with Crippen molar-refractivity contribution < 1.29 is 37.1 Å². The molecule has 20 nitrogen and oxygen atoms in total. The van der Waals surface area contributed by atoms with Crippen molar-refractivity contribution in [1.82, 2.24) is 34.9 Å². The molecule has 4 amide bonds. The van der Waals surface area contributed by atoms with E-state index in [1.165, 1.54) is 17.5 Å². The highest BCUT2D eigenvalue weighted by molar-refractivity contribution is 7.92. The van der Waals surface area contributed by atoms with Crippen molar-refractivity contribution in [3.8, 4) is 5.75 Å². The number of hydrogen-bond donors (Lipinski definition) is 3. The molecule has 4 aliphatic heterocycles. The predicted octanol–water partition coefficient (Wildman–Crippen LogP) is 6.09. The molecule has 8 rings (SSSR count). The Morgan fingerprint density at radius 1 is 0.831 bits per heavy atom. The standard InChI is InChI=1S/C55H73ClN12O8S/c1-38(10-15-51(71)58-37-70)62(2)54(73)45-32-43(12-11-41(45)36-69)65-24-16-39(17-25-65)35-64-22-18-40(19-23-64)53(72)68-30-28-67(29-31-68)42-20-26-66(27-21-42)44-13-14-48(50(33-44)76-4)60-55-57-34-46(56)52(61-55)59-47-8-6-7-9-49(47)63(3)77(5,74)75/h6-9,11-14,32-34,36-40,42H,10,15-31,35H2,1-5H3,(H,58,70,71)(H2,57,59,60,61). The van der Waals surface area contributed by atoms with Crippen molar-refractivity contribution in [2.45, 2.75) is 70.4 Å². The summed E-state index contributed by atoms with van der Waals surface area (Å²) in [5.41, 5.74) is 4.25. The van der Waals surface area contributed by atoms with E-state index in [0.717, 1.165) is 128 Å². The number of anilines is 7. The topological polar surface area (TPSA) is 213 Å². The van der Waals surface area contributed by atoms with Crippen molar-refractivity contribution in [3.05, 3.63) is 83.0 Å². The van der Waals surface area contributed by atoms with Crippen molar-refractivity contribution in [2.75, 3.05) is 124 Å². The average Bonchev–Trinajstić information content (AvgIpc) is 3.45. The number of hydrogen-bond acceptors (Lipinski definition) is 16. The number of methoxy groups -OCH3 is 1. The van der Waals surface area contributed by atoms with E-state index in [1.54, 1.807) is 49.4 Å². The van der Waals surface area contributed by atoms with Gasteiger partial charge in [-0.05, 0) is 113 Å². The Hall–Kier alpha value is -6.55. The smallest absolute Gasteiger partial charge is 0.254 e. The van der Waals surface area contributed by atoms with E-state index < -0.39 is 15.9 Å². The number of aldehydes is 1. The van der Waals surface area contributed by atoms with Gasteiger partial charge in [-0.2, -0.15) is 4.98 Å². The fourth-order valence-electron chi connectivity index (χ4n) is 11.0. The maximum absolute atomic E-state index is 13.9. The Labute approximate surface area is 457 Å². The van der Waals surface area contributed by atoms with Crippen LogP contribution in [0.5, 0.6) is 5.75 Å². The molecule has 0 radical (unpaired) electrons. The van der Waals surface area contributed by atoms with E-state index in [-0.39, 0.29) is 35.3 Å². The number of piperazine rings is 1. The first-order valence-electron chi connectivity index (χ1n) is 26.7. The molecule has 1 atom stereocenters. The van der Waals surface area contributed by atoms with Crippen LogP contribution in [0.3, 0.4) is 0 Å². The van der Waals surface area contributed by atoms with Crippen LogP contribution in [0, 0.1) is 11.8 Å². The summed E-state index contributed by atoms with van der Waals surface area (Å²) in [7, 11) is 1.26. The third-order valence-electron chi connectivity index (χ3n) is 16.0. The number of imide groups is 1. The van der Waals surface area contributed by atoms with Gasteiger partial charge in [0.1, 0.15) is 10.8 Å². The number of para-hydroxylation sites is 2. The molecular formula is C55H73ClN12O8S. The number of nitrogens with zero attached hydrogens (tertiary/aromatic N) is 9. The van der Waals surface area contributed by atoms with Gasteiger partial charge in [0.25, 0.3) is 5.91 Å². The van der Waals surface area contributed by atoms with Crippen LogP contribution < -0.4 is 34.8 Å². The summed E-state index contributed by atoms with van der Waals surface area (Å²) < 4.78 is 31.6. The lowest BCUT2D eigenvalue weighted by molar-refractivity contribution is -0.139. The highest BCUT2D eigenvalue weighted by Crippen LogP contribution is 2.36. The lowest BCUT2D eigenvalue weighted by Crippen LogP contribution is -2.55. The zero-order valence-corrected chi connectivity index (χ0v) is 46.4. The third-order valence-corrected chi connectivity index (χ3v) is 17.4. The van der Waals surface area contributed by atoms with Crippen LogP contribution in [0.2, 0.25) is 5.02 Å². The van der Waals surface area contributed by atoms with E-state index in [4.69, 9.17) is 16.3 Å². The van der Waals surface area contributed by atoms with Gasteiger partial charge in [-0.15, -0.1) is 0 Å². The molecule has 4 aliphatic rings. The number of amides is 4. The van der Waals surface area contributed by atoms with Gasteiger partial charge in [0.05, 0.1) is 42.2 Å². The molecule has 22 heteroatoms. The van der Waals surface area contributed by atoms with Crippen LogP contribution in [0.1, 0.15) is 79.0 Å². The number of rotatable bonds is 20. The van der Waals surface area contributed by atoms with Crippen molar-refractivity contribution in [1.29, 1.82) is 0 Å². The zero-order chi connectivity index (χ0) is 54.8. The molecule has 1 aromatic heterocycles. The third kappa shape index (κ3) is 14.1. The highest BCUT2D eigenvalue weighted by Gasteiger charge is 2.34. The molecule has 0 saturated carbocycles. The minimum atomic E-state index is -3.52. The van der Waals surface area contributed by atoms with Crippen LogP contribution >= 0.6 is 11.6 Å². The van der Waals surface area contributed by atoms with E-state index in [1.807, 2.05) is 31.2 Å². The Morgan fingerprint density at radius 2 is 1.49 bits per heavy atom. The molecule has 3 N–H and O–H groups in total. The Kier molecular flexibility index (Phi) is 18.9. The van der Waals surface area contributed by atoms with E-state index in [9.17, 15) is 32.4 Å². The first-order valence-corrected chi connectivity index (χ1v) is 28.9. The van der Waals surface area contributed by atoms with Gasteiger partial charge in [0, 0.05) is 120 Å². The number of ether oxygens (including phenoxy) is 1. The first kappa shape index (κ1) is 56.6. The molecule has 3 aromatic carbocycles. The number of piperidine rings is 3. The predicted molar refractivity (Wildman–Crippen MR) is 301 cm³/mol. The molecule has 0 bridgehead atoms. The fourth-order valence-corrected chi connectivity index (χ4v) is 11.7. The van der Waals surface area contributed by atoms with Gasteiger partial charge >= 0.3 is 0 Å². The second-order valence-electron chi connectivity index (χ2n) is 20.7. The molecular weight excluding hydrogens is 1020 g/mol. The molecule has 414 valence electrons. The number of aromatic nitrogens is 2. The summed E-state index contributed by atoms with van der Waals surface area (Å²) in [5.74, 6) is 1.43. The zero-order valence-electron chi connectivity index (χ0n) is 44.8. The number of carbonyl (C=O) groups excluding carboxylic acids is 5. The molecule has 4 fully saturated rings. The molecule has 4 aromatic rings. The summed E-state index contributed by atoms with van der Waals surface area (Å²) in [6, 6.07) is 18.6. The Morgan fingerprint density at radius 3 is 2.16 bits per heavy atom. The van der Waals surface area contributed by atoms with Crippen molar-refractivity contribution in [2.24, 2.45) is 11.8 Å². The number of halogens is 1. The van der Waals surface area contributed by atoms with Gasteiger partial charge in [-0.25, -0.2) is 13.4 Å². The summed E-state index contributed by atoms with van der Waals surface area (Å²) in [4.78, 5) is 84.2. The van der Waals surface area contributed by atoms with E-state index in [2.05, 4.69) is 56.5 Å². The molecule has 1 unspecified atom stereocenters. The highest BCUT2D eigenvalue weighted by atomic mass is 35.5. The first-order chi connectivity index (χ1) is 37.0. The molecule has 5 heterocycles. The number of likely N-dealkylation sites (tertiary alicyclic amines) is 1. The quantitative estimate of drug-likeness (QED) is 0.0855. The van der Waals surface area contributed by atoms with Crippen LogP contribution in [0.4, 0.5) is 40.2 Å². The van der Waals surface area contributed by atoms with Gasteiger partial charge < -0.3 is 39.9 Å². The van der Waals surface area contributed by atoms with Crippen LogP contribution in [0.25, 0.3) is 0 Å². The number of benzene rings is 3. The number of carbonyl (C=O) groups is 5. The summed E-state index contributed by atoms with van der Waals surface area (Å²) in [5, 5.41) is 8.81. The molecule has 0 aliphatic carbocycles. The van der Waals surface area contributed by atoms with Gasteiger partial charge in [0.2, 0.25) is 34.2 Å². The maximum Gasteiger partial charge on any atom is 0.254 e. The summed E-state index contributed by atoms with van der Waals surface area (Å²) in [6.45, 7) is 11.5. The van der Waals surface area contributed by atoms with Gasteiger partial charge in [0.15, 0.2) is 12.1 Å². The SMILES string of the molecule is COc1cc(N2CCC(N3CCN(C(=O)C4CCN(CC5CCN(c6ccc(C=O)c(C(=O)N(C)C(C)CCC(=O)NC=O)c6)CC5)CC4)CC3)CC2)ccc1Nc1ncc(Cl)c(Nc2ccccc2N(C)S(C)(=O)=O)n1. The normalized spacial score (nSPS) is 17.8. The van der Waals surface area contributed by atoms with Crippen molar-refractivity contribution in [3.63, 3.8) is 0 Å². The second-order valence-corrected chi connectivity index (χ2v) is 23.2. The number of nitrogens with one attached hydrogen (secondary N) is 3. The maximum atomic E-state index is 13.9. The average molecular weight is 1100 g/mol. The molecule has 77 heavy (non-hydrogen) atoms. The number of sulfonamides is 1. The lowest BCUT2D eigenvalue weighted by atomic mass is 9.91. The van der Waals surface area contributed by atoms with Crippen LogP contribution in [-0.4, -0.2) is 180 Å². The van der Waals surface area contributed by atoms with Crippen LogP contribution in [-0.2, 0) is 24.4 Å². The lowest BCUT2D eigenvalue weighted by Gasteiger charge is -2.44. The van der Waals surface area contributed by atoms with Crippen molar-refractivity contribution >= 4 is 92.2 Å². The Balaban J connectivity index is 0.747. The Bertz CT molecular complexity index is 2850. The van der Waals surface area contributed by atoms with E-state index in [0.29, 0.717) is 76.7 Å². The van der Waals surface area contributed by atoms with Gasteiger partial charge in [-0.1, -0.05) is 23.7 Å². The largest absolute Gasteiger partial charge is 0.494 e. The summed E-state index contributed by atoms with van der Waals surface area (Å²) >= 11 is 6.50. The van der Waals surface area contributed by atoms with E-state index >= 15 is 0 Å². The minimum Gasteiger partial charge on any atom is -0.494 e. The molecule has 4 saturated heterocycles.